The lowest BCUT2D eigenvalue weighted by molar-refractivity contribution is 0.183. The van der Waals surface area contributed by atoms with E-state index >= 15 is 0 Å². The van der Waals surface area contributed by atoms with Crippen molar-refractivity contribution >= 4 is 29.2 Å². The molecule has 0 atom stereocenters. The van der Waals surface area contributed by atoms with Gasteiger partial charge in [0.2, 0.25) is 0 Å². The summed E-state index contributed by atoms with van der Waals surface area (Å²) in [6, 6.07) is 14.5. The first-order valence-corrected chi connectivity index (χ1v) is 6.24. The number of nitrogens with zero attached hydrogens (tertiary/aromatic N) is 1. The van der Waals surface area contributed by atoms with E-state index in [2.05, 4.69) is 40.1 Å². The Morgan fingerprint density at radius 2 is 1.85 bits per heavy atom. The summed E-state index contributed by atoms with van der Waals surface area (Å²) in [4.78, 5) is 14.2. The lowest BCUT2D eigenvalue weighted by atomic mass is 10.1. The fraction of sp³-hybridized carbons (Fsp3) is 0.0588. The highest BCUT2D eigenvalue weighted by atomic mass is 16.5. The number of ether oxygens (including phenoxy) is 1. The number of fused-ring (bicyclic) bond motifs is 1. The molecule has 0 radical (unpaired) electrons. The standard InChI is InChI=1S/C17H15NO2/c1-20-17(19)18-12-6-2-3-7-14-10-11-15-8-4-5-9-16(15)13-14/h2-13H,1H3/b6-2-,7-3-,18-12+. The van der Waals surface area contributed by atoms with Crippen LogP contribution in [0.2, 0.25) is 0 Å². The van der Waals surface area contributed by atoms with Crippen LogP contribution in [0.15, 0.2) is 65.7 Å². The molecule has 20 heavy (non-hydrogen) atoms. The highest BCUT2D eigenvalue weighted by Crippen LogP contribution is 2.16. The van der Waals surface area contributed by atoms with Crippen LogP contribution in [-0.2, 0) is 4.74 Å². The first-order valence-electron chi connectivity index (χ1n) is 6.24. The molecule has 0 aliphatic rings. The molecule has 2 rings (SSSR count). The van der Waals surface area contributed by atoms with Crippen molar-refractivity contribution in [3.63, 3.8) is 0 Å². The second kappa shape index (κ2) is 7.04. The van der Waals surface area contributed by atoms with E-state index in [1.807, 2.05) is 30.4 Å². The number of hydrogen-bond acceptors (Lipinski definition) is 2. The molecule has 3 heteroatoms. The SMILES string of the molecule is COC(=O)/N=C/C=C\C=C/c1ccc2ccccc2c1. The summed E-state index contributed by atoms with van der Waals surface area (Å²) in [7, 11) is 1.29. The number of carbonyl (C=O) groups is 1. The zero-order chi connectivity index (χ0) is 14.2. The van der Waals surface area contributed by atoms with E-state index in [1.165, 1.54) is 24.1 Å². The topological polar surface area (TPSA) is 38.7 Å². The van der Waals surface area contributed by atoms with Crippen molar-refractivity contribution in [3.8, 4) is 0 Å². The van der Waals surface area contributed by atoms with Gasteiger partial charge in [-0.15, -0.1) is 0 Å². The van der Waals surface area contributed by atoms with Gasteiger partial charge in [0.05, 0.1) is 7.11 Å². The van der Waals surface area contributed by atoms with Gasteiger partial charge in [0, 0.05) is 6.21 Å². The average Bonchev–Trinajstić information content (AvgIpc) is 2.50. The third kappa shape index (κ3) is 3.92. The summed E-state index contributed by atoms with van der Waals surface area (Å²) < 4.78 is 4.38. The largest absolute Gasteiger partial charge is 0.451 e. The molecule has 0 N–H and O–H groups in total. The van der Waals surface area contributed by atoms with E-state index in [0.29, 0.717) is 0 Å². The van der Waals surface area contributed by atoms with Crippen LogP contribution in [-0.4, -0.2) is 19.4 Å². The van der Waals surface area contributed by atoms with Crippen LogP contribution in [0.1, 0.15) is 5.56 Å². The molecule has 0 heterocycles. The molecule has 0 aliphatic carbocycles. The quantitative estimate of drug-likeness (QED) is 0.614. The van der Waals surface area contributed by atoms with Gasteiger partial charge < -0.3 is 4.74 Å². The minimum atomic E-state index is -0.604. The number of carbonyl (C=O) groups excluding carboxylic acids is 1. The molecule has 100 valence electrons. The zero-order valence-electron chi connectivity index (χ0n) is 11.2. The summed E-state index contributed by atoms with van der Waals surface area (Å²) in [5, 5.41) is 2.44. The molecule has 0 unspecified atom stereocenters. The maximum Gasteiger partial charge on any atom is 0.433 e. The second-order valence-corrected chi connectivity index (χ2v) is 4.10. The Labute approximate surface area is 117 Å². The Hall–Kier alpha value is -2.68. The minimum absolute atomic E-state index is 0.604. The Morgan fingerprint density at radius 1 is 1.05 bits per heavy atom. The Bertz CT molecular complexity index is 684. The van der Waals surface area contributed by atoms with Crippen molar-refractivity contribution in [2.24, 2.45) is 4.99 Å². The lowest BCUT2D eigenvalue weighted by Gasteiger charge is -1.98. The fourth-order valence-electron chi connectivity index (χ4n) is 1.75. The van der Waals surface area contributed by atoms with Crippen LogP contribution in [0.25, 0.3) is 16.8 Å². The van der Waals surface area contributed by atoms with Crippen molar-refractivity contribution in [1.82, 2.24) is 0 Å². The molecule has 2 aromatic rings. The van der Waals surface area contributed by atoms with E-state index < -0.39 is 6.09 Å². The number of hydrogen-bond donors (Lipinski definition) is 0. The van der Waals surface area contributed by atoms with Crippen molar-refractivity contribution < 1.29 is 9.53 Å². The van der Waals surface area contributed by atoms with Crippen molar-refractivity contribution in [3.05, 3.63) is 66.3 Å². The number of methoxy groups -OCH3 is 1. The van der Waals surface area contributed by atoms with Gasteiger partial charge in [-0.25, -0.2) is 4.79 Å². The van der Waals surface area contributed by atoms with E-state index in [1.54, 1.807) is 6.08 Å². The highest BCUT2D eigenvalue weighted by molar-refractivity contribution is 5.85. The lowest BCUT2D eigenvalue weighted by Crippen LogP contribution is -1.91. The average molecular weight is 265 g/mol. The normalized spacial score (nSPS) is 11.8. The van der Waals surface area contributed by atoms with Gasteiger partial charge in [0.25, 0.3) is 0 Å². The molecule has 0 bridgehead atoms. The molecular formula is C17H15NO2. The van der Waals surface area contributed by atoms with Crippen molar-refractivity contribution in [2.75, 3.05) is 7.11 Å². The van der Waals surface area contributed by atoms with Gasteiger partial charge in [0.1, 0.15) is 0 Å². The van der Waals surface area contributed by atoms with Gasteiger partial charge in [-0.05, 0) is 28.5 Å². The third-order valence-corrected chi connectivity index (χ3v) is 2.73. The number of rotatable bonds is 3. The monoisotopic (exact) mass is 265 g/mol. The molecule has 0 saturated carbocycles. The van der Waals surface area contributed by atoms with E-state index in [0.717, 1.165) is 5.56 Å². The molecule has 3 nitrogen and oxygen atoms in total. The highest BCUT2D eigenvalue weighted by Gasteiger charge is 1.92. The second-order valence-electron chi connectivity index (χ2n) is 4.10. The maximum absolute atomic E-state index is 10.7. The third-order valence-electron chi connectivity index (χ3n) is 2.73. The molecule has 0 fully saturated rings. The Kier molecular flexibility index (Phi) is 4.84. The van der Waals surface area contributed by atoms with Crippen LogP contribution >= 0.6 is 0 Å². The number of benzene rings is 2. The molecular weight excluding hydrogens is 250 g/mol. The summed E-state index contributed by atoms with van der Waals surface area (Å²) in [6.07, 6.45) is 8.17. The molecule has 0 spiro atoms. The summed E-state index contributed by atoms with van der Waals surface area (Å²) in [6.45, 7) is 0. The van der Waals surface area contributed by atoms with Crippen molar-refractivity contribution in [2.45, 2.75) is 0 Å². The summed E-state index contributed by atoms with van der Waals surface area (Å²) in [5.74, 6) is 0. The van der Waals surface area contributed by atoms with Gasteiger partial charge in [-0.1, -0.05) is 54.6 Å². The zero-order valence-corrected chi connectivity index (χ0v) is 11.2. The Morgan fingerprint density at radius 3 is 2.65 bits per heavy atom. The summed E-state index contributed by atoms with van der Waals surface area (Å²) in [5.41, 5.74) is 1.12. The number of allylic oxidation sites excluding steroid dienone is 3. The van der Waals surface area contributed by atoms with E-state index in [-0.39, 0.29) is 0 Å². The van der Waals surface area contributed by atoms with E-state index in [9.17, 15) is 4.79 Å². The number of aliphatic imine (C=N–C) groups is 1. The van der Waals surface area contributed by atoms with Crippen LogP contribution < -0.4 is 0 Å². The molecule has 2 aromatic carbocycles. The minimum Gasteiger partial charge on any atom is -0.451 e. The summed E-state index contributed by atoms with van der Waals surface area (Å²) >= 11 is 0. The molecule has 0 saturated heterocycles. The first kappa shape index (κ1) is 13.7. The predicted molar refractivity (Wildman–Crippen MR) is 83.0 cm³/mol. The van der Waals surface area contributed by atoms with Crippen LogP contribution in [0, 0.1) is 0 Å². The van der Waals surface area contributed by atoms with Crippen LogP contribution in [0.4, 0.5) is 4.79 Å². The number of amides is 1. The van der Waals surface area contributed by atoms with Gasteiger partial charge in [-0.3, -0.25) is 0 Å². The maximum atomic E-state index is 10.7. The fourth-order valence-corrected chi connectivity index (χ4v) is 1.75. The van der Waals surface area contributed by atoms with Crippen LogP contribution in [0.5, 0.6) is 0 Å². The Balaban J connectivity index is 2.01. The smallest absolute Gasteiger partial charge is 0.433 e. The van der Waals surface area contributed by atoms with Gasteiger partial charge in [-0.2, -0.15) is 4.99 Å². The molecule has 1 amide bonds. The predicted octanol–water partition coefficient (Wildman–Crippen LogP) is 4.25. The van der Waals surface area contributed by atoms with Crippen molar-refractivity contribution in [1.29, 1.82) is 0 Å². The first-order chi connectivity index (χ1) is 9.79. The molecule has 0 aromatic heterocycles. The van der Waals surface area contributed by atoms with Crippen LogP contribution in [0.3, 0.4) is 0 Å². The van der Waals surface area contributed by atoms with Gasteiger partial charge >= 0.3 is 6.09 Å². The van der Waals surface area contributed by atoms with Gasteiger partial charge in [0.15, 0.2) is 0 Å². The molecule has 0 aliphatic heterocycles. The van der Waals surface area contributed by atoms with E-state index in [4.69, 9.17) is 0 Å².